The Morgan fingerprint density at radius 3 is 1.45 bits per heavy atom. The first kappa shape index (κ1) is 19.0. The van der Waals surface area contributed by atoms with Gasteiger partial charge in [-0.1, -0.05) is 54.6 Å². The van der Waals surface area contributed by atoms with E-state index in [1.54, 1.807) is 12.1 Å². The van der Waals surface area contributed by atoms with Crippen LogP contribution in [0.5, 0.6) is 17.2 Å². The highest BCUT2D eigenvalue weighted by atomic mass is 31.2. The summed E-state index contributed by atoms with van der Waals surface area (Å²) in [4.78, 5) is 0. The van der Waals surface area contributed by atoms with Gasteiger partial charge in [-0.2, -0.15) is 0 Å². The van der Waals surface area contributed by atoms with Crippen molar-refractivity contribution >= 4 is 28.5 Å². The largest absolute Gasteiger partial charge is 0.867 e. The van der Waals surface area contributed by atoms with Crippen LogP contribution in [0.15, 0.2) is 103 Å². The van der Waals surface area contributed by atoms with Gasteiger partial charge in [0.05, 0.1) is 7.11 Å². The predicted octanol–water partition coefficient (Wildman–Crippen LogP) is 3.09. The summed E-state index contributed by atoms with van der Waals surface area (Å²) in [6.45, 7) is 0. The highest BCUT2D eigenvalue weighted by Gasteiger charge is 2.48. The van der Waals surface area contributed by atoms with Crippen LogP contribution in [-0.4, -0.2) is 12.2 Å². The van der Waals surface area contributed by atoms with E-state index >= 15 is 0 Å². The molecule has 4 heteroatoms. The quantitative estimate of drug-likeness (QED) is 0.524. The van der Waals surface area contributed by atoms with Crippen molar-refractivity contribution in [1.82, 2.24) is 0 Å². The maximum atomic E-state index is 12.3. The minimum atomic E-state index is -2.37. The van der Waals surface area contributed by atoms with Crippen LogP contribution < -0.4 is 31.1 Å². The Hall–Kier alpha value is -3.29. The molecule has 0 bridgehead atoms. The van der Waals surface area contributed by atoms with Gasteiger partial charge < -0.3 is 14.9 Å². The molecule has 144 valence electrons. The summed E-state index contributed by atoms with van der Waals surface area (Å²) in [6.07, 6.45) is 0. The molecule has 3 nitrogen and oxygen atoms in total. The Kier molecular flexibility index (Phi) is 5.24. The van der Waals surface area contributed by atoms with E-state index in [0.29, 0.717) is 0 Å². The van der Waals surface area contributed by atoms with Crippen LogP contribution >= 0.6 is 7.26 Å². The molecular weight excluding hydrogens is 379 g/mol. The fourth-order valence-corrected chi connectivity index (χ4v) is 8.04. The van der Waals surface area contributed by atoms with E-state index in [-0.39, 0.29) is 11.5 Å². The zero-order chi connectivity index (χ0) is 20.3. The summed E-state index contributed by atoms with van der Waals surface area (Å²) in [5.74, 6) is -0.651. The summed E-state index contributed by atoms with van der Waals surface area (Å²) in [5, 5.41) is 27.0. The van der Waals surface area contributed by atoms with E-state index in [2.05, 4.69) is 36.4 Å². The Labute approximate surface area is 171 Å². The molecule has 4 aromatic rings. The van der Waals surface area contributed by atoms with Crippen LogP contribution in [0, 0.1) is 0 Å². The fourth-order valence-electron chi connectivity index (χ4n) is 3.77. The van der Waals surface area contributed by atoms with Crippen LogP contribution in [0.25, 0.3) is 0 Å². The Morgan fingerprint density at radius 1 is 0.655 bits per heavy atom. The zero-order valence-corrected chi connectivity index (χ0v) is 16.9. The van der Waals surface area contributed by atoms with Crippen LogP contribution in [0.1, 0.15) is 0 Å². The van der Waals surface area contributed by atoms with Gasteiger partial charge in [0, 0.05) is 12.1 Å². The SMILES string of the molecule is COc1cc([P+](c2ccccc2)(c2ccccc2)c2ccccc2)cc(O)c1[O-]. The van der Waals surface area contributed by atoms with Gasteiger partial charge in [0.15, 0.2) is 0 Å². The van der Waals surface area contributed by atoms with Crippen LogP contribution in [-0.2, 0) is 0 Å². The summed E-state index contributed by atoms with van der Waals surface area (Å²) in [6, 6.07) is 34.2. The molecule has 0 saturated heterocycles. The summed E-state index contributed by atoms with van der Waals surface area (Å²) < 4.78 is 5.31. The minimum Gasteiger partial charge on any atom is -0.867 e. The number of benzene rings is 4. The number of hydrogen-bond acceptors (Lipinski definition) is 3. The molecule has 4 aromatic carbocycles. The predicted molar refractivity (Wildman–Crippen MR) is 119 cm³/mol. The number of aromatic hydroxyl groups is 1. The van der Waals surface area contributed by atoms with Crippen molar-refractivity contribution in [3.8, 4) is 17.2 Å². The van der Waals surface area contributed by atoms with Gasteiger partial charge in [0.2, 0.25) is 0 Å². The molecule has 0 radical (unpaired) electrons. The van der Waals surface area contributed by atoms with Gasteiger partial charge in [-0.15, -0.1) is 0 Å². The van der Waals surface area contributed by atoms with E-state index in [0.717, 1.165) is 21.2 Å². The maximum Gasteiger partial charge on any atom is 0.144 e. The molecule has 0 spiro atoms. The monoisotopic (exact) mass is 400 g/mol. The molecular formula is C25H21O3P. The lowest BCUT2D eigenvalue weighted by Crippen LogP contribution is -2.38. The van der Waals surface area contributed by atoms with Crippen molar-refractivity contribution in [3.63, 3.8) is 0 Å². The second-order valence-electron chi connectivity index (χ2n) is 6.67. The molecule has 0 saturated carbocycles. The normalized spacial score (nSPS) is 11.2. The van der Waals surface area contributed by atoms with Gasteiger partial charge in [0.1, 0.15) is 40.0 Å². The third-order valence-electron chi connectivity index (χ3n) is 5.06. The lowest BCUT2D eigenvalue weighted by Gasteiger charge is -2.29. The first-order chi connectivity index (χ1) is 14.2. The second-order valence-corrected chi connectivity index (χ2v) is 10.1. The molecule has 0 fully saturated rings. The average molecular weight is 400 g/mol. The molecule has 0 aliphatic rings. The molecule has 0 aliphatic heterocycles. The first-order valence-electron chi connectivity index (χ1n) is 9.32. The number of methoxy groups -OCH3 is 1. The average Bonchev–Trinajstić information content (AvgIpc) is 2.79. The third-order valence-corrected chi connectivity index (χ3v) is 9.31. The number of phenols is 1. The van der Waals surface area contributed by atoms with Gasteiger partial charge in [0.25, 0.3) is 0 Å². The summed E-state index contributed by atoms with van der Waals surface area (Å²) in [7, 11) is -0.919. The smallest absolute Gasteiger partial charge is 0.144 e. The maximum absolute atomic E-state index is 12.3. The van der Waals surface area contributed by atoms with Crippen molar-refractivity contribution in [2.75, 3.05) is 7.11 Å². The number of hydrogen-bond donors (Lipinski definition) is 1. The summed E-state index contributed by atoms with van der Waals surface area (Å²) >= 11 is 0. The second kappa shape index (κ2) is 7.98. The van der Waals surface area contributed by atoms with Crippen molar-refractivity contribution in [2.45, 2.75) is 0 Å². The Bertz CT molecular complexity index is 1000. The molecule has 0 atom stereocenters. The van der Waals surface area contributed by atoms with Crippen molar-refractivity contribution in [2.24, 2.45) is 0 Å². The molecule has 1 N–H and O–H groups in total. The molecule has 0 unspecified atom stereocenters. The molecule has 0 amide bonds. The van der Waals surface area contributed by atoms with Crippen LogP contribution in [0.4, 0.5) is 0 Å². The van der Waals surface area contributed by atoms with E-state index < -0.39 is 13.0 Å². The topological polar surface area (TPSA) is 52.5 Å². The number of phenolic OH excluding ortho intramolecular Hbond substituents is 1. The van der Waals surface area contributed by atoms with Crippen LogP contribution in [0.3, 0.4) is 0 Å². The van der Waals surface area contributed by atoms with Crippen molar-refractivity contribution in [1.29, 1.82) is 0 Å². The number of ether oxygens (including phenoxy) is 1. The van der Waals surface area contributed by atoms with E-state index in [4.69, 9.17) is 4.74 Å². The van der Waals surface area contributed by atoms with E-state index in [9.17, 15) is 10.2 Å². The standard InChI is InChI=1S/C25H21O3P/c1-28-24-18-22(17-23(26)25(24)27)29(19-11-5-2-6-12-19,20-13-7-3-8-14-20)21-15-9-4-10-16-21/h2-18H,1H3,(H-,26,27). The third kappa shape index (κ3) is 3.24. The molecule has 0 aromatic heterocycles. The molecule has 29 heavy (non-hydrogen) atoms. The highest BCUT2D eigenvalue weighted by Crippen LogP contribution is 2.55. The Balaban J connectivity index is 2.16. The van der Waals surface area contributed by atoms with Crippen molar-refractivity contribution in [3.05, 3.63) is 103 Å². The summed E-state index contributed by atoms with van der Waals surface area (Å²) in [5.41, 5.74) is 0. The van der Waals surface area contributed by atoms with Gasteiger partial charge in [-0.05, 0) is 42.1 Å². The fraction of sp³-hybridized carbons (Fsp3) is 0.0400. The molecule has 0 aliphatic carbocycles. The van der Waals surface area contributed by atoms with Crippen LogP contribution in [0.2, 0.25) is 0 Å². The first-order valence-corrected chi connectivity index (χ1v) is 11.1. The van der Waals surface area contributed by atoms with Crippen molar-refractivity contribution < 1.29 is 14.9 Å². The minimum absolute atomic E-state index is 0.146. The molecule has 4 rings (SSSR count). The number of rotatable bonds is 5. The lowest BCUT2D eigenvalue weighted by molar-refractivity contribution is -0.271. The van der Waals surface area contributed by atoms with Gasteiger partial charge >= 0.3 is 0 Å². The molecule has 0 heterocycles. The highest BCUT2D eigenvalue weighted by molar-refractivity contribution is 8.01. The van der Waals surface area contributed by atoms with Gasteiger partial charge in [-0.3, -0.25) is 0 Å². The Morgan fingerprint density at radius 2 is 1.07 bits per heavy atom. The lowest BCUT2D eigenvalue weighted by atomic mass is 10.3. The van der Waals surface area contributed by atoms with E-state index in [1.807, 2.05) is 54.6 Å². The van der Waals surface area contributed by atoms with Gasteiger partial charge in [-0.25, -0.2) is 0 Å². The zero-order valence-electron chi connectivity index (χ0n) is 16.0. The van der Waals surface area contributed by atoms with E-state index in [1.165, 1.54) is 7.11 Å².